The minimum absolute atomic E-state index is 0.117. The van der Waals surface area contributed by atoms with Crippen LogP contribution >= 0.6 is 7.82 Å². The van der Waals surface area contributed by atoms with E-state index in [2.05, 4.69) is 9.05 Å². The average molecular weight is 306 g/mol. The minimum Gasteiger partial charge on any atom is -0.481 e. The summed E-state index contributed by atoms with van der Waals surface area (Å²) in [5, 5.41) is 8.70. The number of aryl methyl sites for hydroxylation is 1. The van der Waals surface area contributed by atoms with E-state index in [1.54, 1.807) is 0 Å². The van der Waals surface area contributed by atoms with Crippen LogP contribution < -0.4 is 4.52 Å². The van der Waals surface area contributed by atoms with Gasteiger partial charge in [0.25, 0.3) is 0 Å². The highest BCUT2D eigenvalue weighted by atomic mass is 31.2. The Labute approximate surface area is 116 Å². The maximum absolute atomic E-state index is 12.6. The number of aliphatic carboxylic acids is 1. The summed E-state index contributed by atoms with van der Waals surface area (Å²) in [5.41, 5.74) is 0.805. The van der Waals surface area contributed by atoms with Gasteiger partial charge in [0.15, 0.2) is 0 Å². The van der Waals surface area contributed by atoms with Gasteiger partial charge in [0.2, 0.25) is 0 Å². The molecule has 0 radical (unpaired) electrons. The predicted octanol–water partition coefficient (Wildman–Crippen LogP) is 2.95. The van der Waals surface area contributed by atoms with Crippen molar-refractivity contribution in [3.8, 4) is 5.75 Å². The lowest BCUT2D eigenvalue weighted by Gasteiger charge is -2.17. The Morgan fingerprint density at radius 1 is 1.35 bits per heavy atom. The van der Waals surface area contributed by atoms with E-state index in [0.717, 1.165) is 14.2 Å². The van der Waals surface area contributed by atoms with Gasteiger partial charge in [-0.1, -0.05) is 6.07 Å². The van der Waals surface area contributed by atoms with Crippen LogP contribution in [-0.4, -0.2) is 25.3 Å². The number of phosphoric ester groups is 1. The second-order valence-electron chi connectivity index (χ2n) is 3.87. The van der Waals surface area contributed by atoms with Gasteiger partial charge in [-0.15, -0.1) is 0 Å². The van der Waals surface area contributed by atoms with Crippen LogP contribution in [0.2, 0.25) is 0 Å². The number of rotatable bonds is 8. The van der Waals surface area contributed by atoms with E-state index in [9.17, 15) is 13.8 Å². The van der Waals surface area contributed by atoms with Gasteiger partial charge < -0.3 is 9.63 Å². The van der Waals surface area contributed by atoms with E-state index in [1.807, 2.05) is 0 Å². The molecule has 1 N–H and O–H groups in total. The lowest BCUT2D eigenvalue weighted by Crippen LogP contribution is -2.03. The number of hydrogen-bond donors (Lipinski definition) is 1. The van der Waals surface area contributed by atoms with Crippen LogP contribution in [0.15, 0.2) is 18.2 Å². The second-order valence-corrected chi connectivity index (χ2v) is 5.68. The Morgan fingerprint density at radius 3 is 2.50 bits per heavy atom. The molecule has 0 saturated carbocycles. The third-order valence-electron chi connectivity index (χ3n) is 2.54. The van der Waals surface area contributed by atoms with Gasteiger partial charge in [0, 0.05) is 20.6 Å². The molecule has 20 heavy (non-hydrogen) atoms. The van der Waals surface area contributed by atoms with E-state index in [1.165, 1.54) is 18.2 Å². The van der Waals surface area contributed by atoms with Crippen molar-refractivity contribution in [2.24, 2.45) is 0 Å². The highest BCUT2D eigenvalue weighted by Crippen LogP contribution is 2.48. The summed E-state index contributed by atoms with van der Waals surface area (Å²) >= 11 is 0. The molecule has 0 aliphatic carbocycles. The summed E-state index contributed by atoms with van der Waals surface area (Å²) in [6.07, 6.45) is -0.0394. The van der Waals surface area contributed by atoms with E-state index < -0.39 is 20.5 Å². The van der Waals surface area contributed by atoms with Crippen LogP contribution in [0, 0.1) is 0 Å². The molecule has 112 valence electrons. The SMILES string of the molecule is COP(=O)(OC)Oc1ccc(CF)cc1CCC(=O)O. The van der Waals surface area contributed by atoms with Crippen LogP contribution in [-0.2, 0) is 31.5 Å². The first-order valence-corrected chi connectivity index (χ1v) is 7.21. The minimum atomic E-state index is -3.74. The molecule has 0 spiro atoms. The van der Waals surface area contributed by atoms with E-state index in [-0.39, 0.29) is 18.6 Å². The first-order valence-electron chi connectivity index (χ1n) is 5.74. The lowest BCUT2D eigenvalue weighted by molar-refractivity contribution is -0.136. The smallest absolute Gasteiger partial charge is 0.481 e. The van der Waals surface area contributed by atoms with Crippen molar-refractivity contribution in [3.63, 3.8) is 0 Å². The largest absolute Gasteiger partial charge is 0.529 e. The van der Waals surface area contributed by atoms with Gasteiger partial charge in [-0.2, -0.15) is 0 Å². The molecule has 6 nitrogen and oxygen atoms in total. The Bertz CT molecular complexity index is 511. The topological polar surface area (TPSA) is 82.1 Å². The molecular weight excluding hydrogens is 290 g/mol. The average Bonchev–Trinajstić information content (AvgIpc) is 2.45. The number of alkyl halides is 1. The number of carbonyl (C=O) groups is 1. The fourth-order valence-corrected chi connectivity index (χ4v) is 2.23. The summed E-state index contributed by atoms with van der Waals surface area (Å²) in [5.74, 6) is -0.848. The number of halogens is 1. The van der Waals surface area contributed by atoms with Gasteiger partial charge in [-0.25, -0.2) is 8.96 Å². The third kappa shape index (κ3) is 4.59. The number of phosphoric acid groups is 1. The molecule has 1 rings (SSSR count). The van der Waals surface area contributed by atoms with Crippen molar-refractivity contribution in [3.05, 3.63) is 29.3 Å². The van der Waals surface area contributed by atoms with Crippen molar-refractivity contribution >= 4 is 13.8 Å². The van der Waals surface area contributed by atoms with Gasteiger partial charge in [-0.3, -0.25) is 13.8 Å². The van der Waals surface area contributed by atoms with Crippen LogP contribution in [0.25, 0.3) is 0 Å². The van der Waals surface area contributed by atoms with Crippen LogP contribution in [0.5, 0.6) is 5.75 Å². The molecule has 0 fully saturated rings. The van der Waals surface area contributed by atoms with E-state index in [4.69, 9.17) is 9.63 Å². The summed E-state index contributed by atoms with van der Waals surface area (Å²) in [7, 11) is -1.41. The maximum Gasteiger partial charge on any atom is 0.529 e. The standard InChI is InChI=1S/C12H16FO6P/c1-17-20(16,18-2)19-11-5-3-9(8-13)7-10(11)4-6-12(14)15/h3,5,7H,4,6,8H2,1-2H3,(H,14,15). The highest BCUT2D eigenvalue weighted by molar-refractivity contribution is 7.48. The molecular formula is C12H16FO6P. The van der Waals surface area contributed by atoms with Gasteiger partial charge in [0.05, 0.1) is 0 Å². The zero-order valence-corrected chi connectivity index (χ0v) is 12.1. The van der Waals surface area contributed by atoms with Crippen molar-refractivity contribution < 1.29 is 32.4 Å². The molecule has 0 atom stereocenters. The molecule has 0 aromatic heterocycles. The molecule has 0 saturated heterocycles. The summed E-state index contributed by atoms with van der Waals surface area (Å²) in [6.45, 7) is -0.688. The second kappa shape index (κ2) is 7.38. The molecule has 0 bridgehead atoms. The van der Waals surface area contributed by atoms with Gasteiger partial charge >= 0.3 is 13.8 Å². The predicted molar refractivity (Wildman–Crippen MR) is 69.5 cm³/mol. The number of carboxylic acids is 1. The number of carboxylic acid groups (broad SMARTS) is 1. The summed E-state index contributed by atoms with van der Waals surface area (Å²) in [4.78, 5) is 10.6. The molecule has 1 aromatic rings. The maximum atomic E-state index is 12.6. The fourth-order valence-electron chi connectivity index (χ4n) is 1.51. The fraction of sp³-hybridized carbons (Fsp3) is 0.417. The molecule has 0 heterocycles. The highest BCUT2D eigenvalue weighted by Gasteiger charge is 2.26. The lowest BCUT2D eigenvalue weighted by atomic mass is 10.1. The zero-order valence-electron chi connectivity index (χ0n) is 11.2. The molecule has 8 heteroatoms. The molecule has 0 aliphatic heterocycles. The Hall–Kier alpha value is -1.43. The molecule has 0 aliphatic rings. The molecule has 1 aromatic carbocycles. The van der Waals surface area contributed by atoms with Crippen LogP contribution in [0.3, 0.4) is 0 Å². The summed E-state index contributed by atoms with van der Waals surface area (Å²) in [6, 6.07) is 4.33. The number of benzene rings is 1. The normalized spacial score (nSPS) is 11.3. The number of hydrogen-bond acceptors (Lipinski definition) is 5. The monoisotopic (exact) mass is 306 g/mol. The van der Waals surface area contributed by atoms with Crippen molar-refractivity contribution in [1.29, 1.82) is 0 Å². The van der Waals surface area contributed by atoms with Crippen LogP contribution in [0.1, 0.15) is 17.5 Å². The third-order valence-corrected chi connectivity index (χ3v) is 3.86. The Morgan fingerprint density at radius 2 is 2.00 bits per heavy atom. The Balaban J connectivity index is 3.04. The van der Waals surface area contributed by atoms with Crippen molar-refractivity contribution in [1.82, 2.24) is 0 Å². The summed E-state index contributed by atoms with van der Waals surface area (Å²) < 4.78 is 39.0. The first kappa shape index (κ1) is 16.6. The molecule has 0 unspecified atom stereocenters. The van der Waals surface area contributed by atoms with Crippen molar-refractivity contribution in [2.75, 3.05) is 14.2 Å². The van der Waals surface area contributed by atoms with Gasteiger partial charge in [0.1, 0.15) is 12.4 Å². The van der Waals surface area contributed by atoms with E-state index in [0.29, 0.717) is 11.1 Å². The quantitative estimate of drug-likeness (QED) is 0.744. The first-order chi connectivity index (χ1) is 9.44. The Kier molecular flexibility index (Phi) is 6.13. The van der Waals surface area contributed by atoms with Gasteiger partial charge in [-0.05, 0) is 29.7 Å². The van der Waals surface area contributed by atoms with Crippen LogP contribution in [0.4, 0.5) is 4.39 Å². The molecule has 0 amide bonds. The zero-order chi connectivity index (χ0) is 15.2. The van der Waals surface area contributed by atoms with Crippen molar-refractivity contribution in [2.45, 2.75) is 19.5 Å². The van der Waals surface area contributed by atoms with E-state index >= 15 is 0 Å².